The van der Waals surface area contributed by atoms with Crippen LogP contribution in [0, 0.1) is 0 Å². The third-order valence-electron chi connectivity index (χ3n) is 3.89. The van der Waals surface area contributed by atoms with Gasteiger partial charge in [0.15, 0.2) is 0 Å². The first-order chi connectivity index (χ1) is 14.0. The molecule has 0 radical (unpaired) electrons. The maximum absolute atomic E-state index is 12.1. The minimum Gasteiger partial charge on any atom is -0.872 e. The largest absolute Gasteiger partial charge is 0.872 e. The van der Waals surface area contributed by atoms with Crippen molar-refractivity contribution in [3.8, 4) is 17.1 Å². The van der Waals surface area contributed by atoms with Crippen LogP contribution in [0.1, 0.15) is 12.5 Å². The Morgan fingerprint density at radius 3 is 2.86 bits per heavy atom. The third-order valence-corrected chi connectivity index (χ3v) is 5.61. The molecule has 7 nitrogen and oxygen atoms in total. The van der Waals surface area contributed by atoms with E-state index in [9.17, 15) is 9.90 Å². The summed E-state index contributed by atoms with van der Waals surface area (Å²) >= 11 is 10.5. The van der Waals surface area contributed by atoms with Crippen LogP contribution in [0.4, 0.5) is 0 Å². The van der Waals surface area contributed by atoms with Crippen molar-refractivity contribution in [3.05, 3.63) is 57.5 Å². The molecule has 2 N–H and O–H groups in total. The van der Waals surface area contributed by atoms with Crippen LogP contribution in [0.5, 0.6) is 5.75 Å². The molecule has 0 bridgehead atoms. The van der Waals surface area contributed by atoms with E-state index in [1.165, 1.54) is 24.0 Å². The fraction of sp³-hybridized carbons (Fsp3) is 0.158. The van der Waals surface area contributed by atoms with Crippen LogP contribution in [0.15, 0.2) is 57.2 Å². The molecule has 0 aliphatic rings. The highest BCUT2D eigenvalue weighted by molar-refractivity contribution is 9.10. The van der Waals surface area contributed by atoms with E-state index in [2.05, 4.69) is 36.7 Å². The number of thioether (sulfide) groups is 1. The van der Waals surface area contributed by atoms with E-state index < -0.39 is 0 Å². The summed E-state index contributed by atoms with van der Waals surface area (Å²) < 4.78 is 2.75. The maximum atomic E-state index is 12.1. The van der Waals surface area contributed by atoms with Gasteiger partial charge < -0.3 is 5.11 Å². The van der Waals surface area contributed by atoms with Crippen LogP contribution >= 0.6 is 39.3 Å². The molecular weight excluding hydrogens is 478 g/mol. The summed E-state index contributed by atoms with van der Waals surface area (Å²) in [6, 6.07) is 12.2. The van der Waals surface area contributed by atoms with E-state index in [0.29, 0.717) is 22.3 Å². The summed E-state index contributed by atoms with van der Waals surface area (Å²) in [6.45, 7) is 2.69. The number of aromatic nitrogens is 3. The first-order valence-corrected chi connectivity index (χ1v) is 10.8. The molecule has 0 aliphatic heterocycles. The Kier molecular flexibility index (Phi) is 7.29. The number of carbonyl (C=O) groups excluding carboxylic acids is 1. The SMILES string of the molecule is CC[n+]1c(SCC(=O)NN=Cc2cc(Br)ccc2[O-])n[nH]c1-c1ccc(Cl)cc1. The highest BCUT2D eigenvalue weighted by Crippen LogP contribution is 2.20. The van der Waals surface area contributed by atoms with Crippen molar-refractivity contribution in [1.29, 1.82) is 0 Å². The van der Waals surface area contributed by atoms with E-state index in [0.717, 1.165) is 15.9 Å². The van der Waals surface area contributed by atoms with Gasteiger partial charge in [-0.2, -0.15) is 5.10 Å². The highest BCUT2D eigenvalue weighted by Gasteiger charge is 2.21. The number of amides is 1. The topological polar surface area (TPSA) is 97.1 Å². The number of hydrogen-bond acceptors (Lipinski definition) is 5. The molecule has 3 aromatic rings. The Bertz CT molecular complexity index is 1040. The van der Waals surface area contributed by atoms with Crippen LogP contribution in [-0.2, 0) is 11.3 Å². The molecule has 0 saturated heterocycles. The lowest BCUT2D eigenvalue weighted by atomic mass is 10.2. The third kappa shape index (κ3) is 5.59. The predicted octanol–water partition coefficient (Wildman–Crippen LogP) is 3.12. The molecule has 29 heavy (non-hydrogen) atoms. The average Bonchev–Trinajstić information content (AvgIpc) is 3.12. The average molecular weight is 495 g/mol. The maximum Gasteiger partial charge on any atom is 0.337 e. The van der Waals surface area contributed by atoms with Crippen LogP contribution in [0.25, 0.3) is 11.4 Å². The molecule has 0 atom stereocenters. The molecule has 2 aromatic carbocycles. The molecular formula is C19H17BrClN5O2S. The lowest BCUT2D eigenvalue weighted by Gasteiger charge is -2.09. The minimum absolute atomic E-state index is 0.130. The van der Waals surface area contributed by atoms with E-state index in [1.807, 2.05) is 35.8 Å². The lowest BCUT2D eigenvalue weighted by Crippen LogP contribution is -2.36. The first-order valence-electron chi connectivity index (χ1n) is 8.63. The molecule has 10 heteroatoms. The van der Waals surface area contributed by atoms with E-state index in [1.54, 1.807) is 12.1 Å². The van der Waals surface area contributed by atoms with E-state index >= 15 is 0 Å². The molecule has 1 heterocycles. The number of hydrogen-bond donors (Lipinski definition) is 2. The summed E-state index contributed by atoms with van der Waals surface area (Å²) in [4.78, 5) is 12.1. The van der Waals surface area contributed by atoms with Gasteiger partial charge >= 0.3 is 5.16 Å². The van der Waals surface area contributed by atoms with Crippen molar-refractivity contribution in [2.75, 3.05) is 5.75 Å². The molecule has 1 amide bonds. The zero-order valence-corrected chi connectivity index (χ0v) is 18.5. The Labute approximate surface area is 185 Å². The number of H-pyrrole nitrogens is 1. The number of nitrogens with one attached hydrogen (secondary N) is 2. The van der Waals surface area contributed by atoms with Crippen LogP contribution in [0.3, 0.4) is 0 Å². The van der Waals surface area contributed by atoms with Crippen molar-refractivity contribution in [2.24, 2.45) is 5.10 Å². The Morgan fingerprint density at radius 1 is 1.38 bits per heavy atom. The molecule has 0 aliphatic carbocycles. The molecule has 150 valence electrons. The van der Waals surface area contributed by atoms with Gasteiger partial charge in [-0.1, -0.05) is 39.3 Å². The van der Waals surface area contributed by atoms with Crippen LogP contribution < -0.4 is 15.1 Å². The van der Waals surface area contributed by atoms with Gasteiger partial charge in [0.25, 0.3) is 11.7 Å². The summed E-state index contributed by atoms with van der Waals surface area (Å²) in [5.41, 5.74) is 3.76. The van der Waals surface area contributed by atoms with Gasteiger partial charge in [-0.05, 0) is 60.6 Å². The van der Waals surface area contributed by atoms with Crippen LogP contribution in [0.2, 0.25) is 5.02 Å². The van der Waals surface area contributed by atoms with Crippen molar-refractivity contribution >= 4 is 51.4 Å². The summed E-state index contributed by atoms with van der Waals surface area (Å²) in [6.07, 6.45) is 1.33. The van der Waals surface area contributed by atoms with Gasteiger partial charge in [-0.3, -0.25) is 4.79 Å². The number of benzene rings is 2. The fourth-order valence-electron chi connectivity index (χ4n) is 2.51. The molecule has 0 unspecified atom stereocenters. The predicted molar refractivity (Wildman–Crippen MR) is 115 cm³/mol. The number of carbonyl (C=O) groups is 1. The minimum atomic E-state index is -0.299. The van der Waals surface area contributed by atoms with Gasteiger partial charge in [0.2, 0.25) is 0 Å². The zero-order valence-electron chi connectivity index (χ0n) is 15.4. The molecule has 0 saturated carbocycles. The number of aromatic amines is 1. The quantitative estimate of drug-likeness (QED) is 0.228. The van der Waals surface area contributed by atoms with Crippen molar-refractivity contribution in [3.63, 3.8) is 0 Å². The summed E-state index contributed by atoms with van der Waals surface area (Å²) in [7, 11) is 0. The highest BCUT2D eigenvalue weighted by atomic mass is 79.9. The van der Waals surface area contributed by atoms with E-state index in [-0.39, 0.29) is 17.4 Å². The van der Waals surface area contributed by atoms with Gasteiger partial charge in [-0.15, -0.1) is 5.10 Å². The van der Waals surface area contributed by atoms with Crippen LogP contribution in [-0.4, -0.2) is 28.1 Å². The van der Waals surface area contributed by atoms with Crippen molar-refractivity contribution in [2.45, 2.75) is 18.6 Å². The molecule has 3 rings (SSSR count). The van der Waals surface area contributed by atoms with Gasteiger partial charge in [0.1, 0.15) is 0 Å². The second-order valence-corrected chi connectivity index (χ2v) is 8.16. The second-order valence-electron chi connectivity index (χ2n) is 5.87. The Morgan fingerprint density at radius 2 is 2.14 bits per heavy atom. The summed E-state index contributed by atoms with van der Waals surface area (Å²) in [5.74, 6) is 0.497. The van der Waals surface area contributed by atoms with Crippen molar-refractivity contribution < 1.29 is 14.5 Å². The van der Waals surface area contributed by atoms with Gasteiger partial charge in [0, 0.05) is 9.50 Å². The summed E-state index contributed by atoms with van der Waals surface area (Å²) in [5, 5.41) is 24.2. The Hall–Kier alpha value is -2.36. The van der Waals surface area contributed by atoms with Crippen molar-refractivity contribution in [1.82, 2.24) is 15.6 Å². The van der Waals surface area contributed by atoms with Gasteiger partial charge in [-0.25, -0.2) is 9.99 Å². The molecule has 0 fully saturated rings. The number of rotatable bonds is 7. The van der Waals surface area contributed by atoms with E-state index in [4.69, 9.17) is 11.6 Å². The number of hydrazone groups is 1. The lowest BCUT2D eigenvalue weighted by molar-refractivity contribution is -0.719. The Balaban J connectivity index is 1.61. The zero-order chi connectivity index (χ0) is 20.8. The molecule has 1 aromatic heterocycles. The smallest absolute Gasteiger partial charge is 0.337 e. The second kappa shape index (κ2) is 9.91. The van der Waals surface area contributed by atoms with Gasteiger partial charge in [0.05, 0.1) is 29.2 Å². The fourth-order valence-corrected chi connectivity index (χ4v) is 3.82. The standard InChI is InChI=1S/C19H17BrClN5O2S/c1-2-26-18(12-3-6-15(21)7-4-12)24-25-19(26)29-11-17(28)23-22-10-13-9-14(20)5-8-16(13)27/h3-10H,2,11H2,1H3,(H2,22,23,27,28). The number of halogens is 2. The number of nitrogens with zero attached hydrogens (tertiary/aromatic N) is 3. The first kappa shape index (κ1) is 21.4. The monoisotopic (exact) mass is 493 g/mol. The normalized spacial score (nSPS) is 11.1. The molecule has 0 spiro atoms.